The molecule has 0 aliphatic rings. The van der Waals surface area contributed by atoms with Crippen molar-refractivity contribution in [3.05, 3.63) is 41.7 Å². The maximum absolute atomic E-state index is 12.3. The quantitative estimate of drug-likeness (QED) is 0.645. The van der Waals surface area contributed by atoms with Crippen LogP contribution in [-0.2, 0) is 9.53 Å². The van der Waals surface area contributed by atoms with Gasteiger partial charge in [-0.2, -0.15) is 0 Å². The van der Waals surface area contributed by atoms with Gasteiger partial charge >= 0.3 is 5.97 Å². The van der Waals surface area contributed by atoms with E-state index >= 15 is 0 Å². The molecule has 122 valence electrons. The maximum Gasteiger partial charge on any atom is 0.340 e. The highest BCUT2D eigenvalue weighted by atomic mass is 32.2. The van der Waals surface area contributed by atoms with Crippen LogP contribution in [0, 0.1) is 6.92 Å². The van der Waals surface area contributed by atoms with Crippen LogP contribution in [0.4, 0.5) is 5.82 Å². The van der Waals surface area contributed by atoms with Gasteiger partial charge in [-0.15, -0.1) is 11.8 Å². The van der Waals surface area contributed by atoms with E-state index in [0.717, 1.165) is 4.90 Å². The van der Waals surface area contributed by atoms with E-state index in [0.29, 0.717) is 23.6 Å². The number of esters is 1. The lowest BCUT2D eigenvalue weighted by atomic mass is 10.2. The zero-order valence-electron chi connectivity index (χ0n) is 13.2. The van der Waals surface area contributed by atoms with Crippen LogP contribution in [0.5, 0.6) is 0 Å². The summed E-state index contributed by atoms with van der Waals surface area (Å²) in [5.74, 6) is -0.0742. The van der Waals surface area contributed by atoms with Gasteiger partial charge in [0.05, 0.1) is 5.56 Å². The number of thioether (sulfide) groups is 1. The zero-order valence-corrected chi connectivity index (χ0v) is 14.0. The maximum atomic E-state index is 12.3. The van der Waals surface area contributed by atoms with Gasteiger partial charge in [-0.3, -0.25) is 4.79 Å². The Morgan fingerprint density at radius 3 is 2.74 bits per heavy atom. The van der Waals surface area contributed by atoms with Crippen molar-refractivity contribution in [3.63, 3.8) is 0 Å². The van der Waals surface area contributed by atoms with Crippen LogP contribution < -0.4 is 5.32 Å². The fourth-order valence-corrected chi connectivity index (χ4v) is 2.55. The molecule has 0 spiro atoms. The highest BCUT2D eigenvalue weighted by Gasteiger charge is 2.24. The largest absolute Gasteiger partial charge is 0.449 e. The van der Waals surface area contributed by atoms with Gasteiger partial charge in [0.1, 0.15) is 5.76 Å². The van der Waals surface area contributed by atoms with E-state index in [4.69, 9.17) is 9.26 Å². The average Bonchev–Trinajstić information content (AvgIpc) is 2.97. The van der Waals surface area contributed by atoms with Gasteiger partial charge in [-0.25, -0.2) is 4.79 Å². The summed E-state index contributed by atoms with van der Waals surface area (Å²) in [6.45, 7) is 3.49. The minimum atomic E-state index is -0.894. The molecule has 2 aromatic rings. The number of nitrogens with one attached hydrogen (secondary N) is 1. The first kappa shape index (κ1) is 17.1. The number of nitrogens with zero attached hydrogens (tertiary/aromatic N) is 1. The molecule has 0 bridgehead atoms. The monoisotopic (exact) mass is 334 g/mol. The number of benzene rings is 1. The molecule has 1 aromatic heterocycles. The molecular weight excluding hydrogens is 316 g/mol. The molecule has 1 aromatic carbocycles. The number of aryl methyl sites for hydroxylation is 1. The standard InChI is InChI=1S/C16H18N2O4S/c1-4-12(15(19)17-14-9-10(2)22-18-14)21-16(20)11-7-5-6-8-13(11)23-3/h5-9,12H,4H2,1-3H3,(H,17,18,19). The summed E-state index contributed by atoms with van der Waals surface area (Å²) in [6, 6.07) is 8.71. The third-order valence-corrected chi connectivity index (χ3v) is 3.91. The Balaban J connectivity index is 2.06. The Hall–Kier alpha value is -2.28. The van der Waals surface area contributed by atoms with Crippen LogP contribution in [0.3, 0.4) is 0 Å². The van der Waals surface area contributed by atoms with E-state index < -0.39 is 18.0 Å². The molecule has 1 unspecified atom stereocenters. The van der Waals surface area contributed by atoms with Crippen molar-refractivity contribution < 1.29 is 18.8 Å². The Morgan fingerprint density at radius 2 is 2.13 bits per heavy atom. The number of anilines is 1. The third kappa shape index (κ3) is 4.35. The normalized spacial score (nSPS) is 11.8. The molecule has 0 fully saturated rings. The number of hydrogen-bond donors (Lipinski definition) is 1. The number of ether oxygens (including phenoxy) is 1. The minimum absolute atomic E-state index is 0.298. The summed E-state index contributed by atoms with van der Waals surface area (Å²) in [5, 5.41) is 6.26. The molecule has 0 aliphatic heterocycles. The van der Waals surface area contributed by atoms with Crippen molar-refractivity contribution in [2.75, 3.05) is 11.6 Å². The number of rotatable bonds is 6. The van der Waals surface area contributed by atoms with E-state index in [9.17, 15) is 9.59 Å². The van der Waals surface area contributed by atoms with Crippen molar-refractivity contribution in [2.24, 2.45) is 0 Å². The zero-order chi connectivity index (χ0) is 16.8. The molecule has 1 atom stereocenters. The van der Waals surface area contributed by atoms with Crippen molar-refractivity contribution in [1.29, 1.82) is 0 Å². The predicted molar refractivity (Wildman–Crippen MR) is 87.6 cm³/mol. The van der Waals surface area contributed by atoms with Gasteiger partial charge in [-0.1, -0.05) is 24.2 Å². The highest BCUT2D eigenvalue weighted by molar-refractivity contribution is 7.98. The van der Waals surface area contributed by atoms with Crippen LogP contribution in [0.25, 0.3) is 0 Å². The Labute approximate surface area is 138 Å². The van der Waals surface area contributed by atoms with Gasteiger partial charge < -0.3 is 14.6 Å². The van der Waals surface area contributed by atoms with E-state index in [-0.39, 0.29) is 0 Å². The van der Waals surface area contributed by atoms with Crippen molar-refractivity contribution in [2.45, 2.75) is 31.3 Å². The average molecular weight is 334 g/mol. The number of carbonyl (C=O) groups is 2. The van der Waals surface area contributed by atoms with Crippen molar-refractivity contribution in [1.82, 2.24) is 5.16 Å². The summed E-state index contributed by atoms with van der Waals surface area (Å²) in [5.41, 5.74) is 0.448. The SMILES string of the molecule is CCC(OC(=O)c1ccccc1SC)C(=O)Nc1cc(C)on1. The first-order valence-electron chi connectivity index (χ1n) is 7.13. The molecule has 0 radical (unpaired) electrons. The van der Waals surface area contributed by atoms with E-state index in [1.807, 2.05) is 18.4 Å². The van der Waals surface area contributed by atoms with Crippen LogP contribution in [0.2, 0.25) is 0 Å². The summed E-state index contributed by atoms with van der Waals surface area (Å²) < 4.78 is 10.2. The molecular formula is C16H18N2O4S. The van der Waals surface area contributed by atoms with E-state index in [2.05, 4.69) is 10.5 Å². The topological polar surface area (TPSA) is 81.4 Å². The van der Waals surface area contributed by atoms with Gasteiger partial charge in [0.25, 0.3) is 5.91 Å². The Kier molecular flexibility index (Phi) is 5.81. The lowest BCUT2D eigenvalue weighted by molar-refractivity contribution is -0.124. The highest BCUT2D eigenvalue weighted by Crippen LogP contribution is 2.21. The second-order valence-corrected chi connectivity index (χ2v) is 5.66. The molecule has 2 rings (SSSR count). The number of amides is 1. The van der Waals surface area contributed by atoms with Crippen molar-refractivity contribution >= 4 is 29.5 Å². The Morgan fingerprint density at radius 1 is 1.39 bits per heavy atom. The molecule has 0 saturated heterocycles. The minimum Gasteiger partial charge on any atom is -0.449 e. The van der Waals surface area contributed by atoms with Crippen LogP contribution in [0.1, 0.15) is 29.5 Å². The van der Waals surface area contributed by atoms with Crippen molar-refractivity contribution in [3.8, 4) is 0 Å². The van der Waals surface area contributed by atoms with E-state index in [1.165, 1.54) is 11.8 Å². The fourth-order valence-electron chi connectivity index (χ4n) is 1.96. The fraction of sp³-hybridized carbons (Fsp3) is 0.312. The van der Waals surface area contributed by atoms with Gasteiger partial charge in [-0.05, 0) is 31.7 Å². The first-order valence-corrected chi connectivity index (χ1v) is 8.35. The third-order valence-electron chi connectivity index (χ3n) is 3.12. The summed E-state index contributed by atoms with van der Waals surface area (Å²) in [7, 11) is 0. The summed E-state index contributed by atoms with van der Waals surface area (Å²) in [6.07, 6.45) is 1.34. The van der Waals surface area contributed by atoms with E-state index in [1.54, 1.807) is 32.0 Å². The first-order chi connectivity index (χ1) is 11.0. The second-order valence-electron chi connectivity index (χ2n) is 4.81. The summed E-state index contributed by atoms with van der Waals surface area (Å²) >= 11 is 1.45. The van der Waals surface area contributed by atoms with Gasteiger partial charge in [0, 0.05) is 11.0 Å². The molecule has 0 aliphatic carbocycles. The number of aromatic nitrogens is 1. The Bertz CT molecular complexity index is 699. The van der Waals surface area contributed by atoms with Gasteiger partial charge in [0.2, 0.25) is 0 Å². The molecule has 1 amide bonds. The predicted octanol–water partition coefficient (Wildman–Crippen LogP) is 3.28. The van der Waals surface area contributed by atoms with Crippen LogP contribution in [-0.4, -0.2) is 29.4 Å². The molecule has 0 saturated carbocycles. The molecule has 6 nitrogen and oxygen atoms in total. The van der Waals surface area contributed by atoms with Crippen LogP contribution >= 0.6 is 11.8 Å². The lowest BCUT2D eigenvalue weighted by Crippen LogP contribution is -2.32. The molecule has 1 N–H and O–H groups in total. The number of carbonyl (C=O) groups excluding carboxylic acids is 2. The smallest absolute Gasteiger partial charge is 0.340 e. The van der Waals surface area contributed by atoms with Gasteiger partial charge in [0.15, 0.2) is 11.9 Å². The second kappa shape index (κ2) is 7.82. The molecule has 7 heteroatoms. The number of hydrogen-bond acceptors (Lipinski definition) is 6. The summed E-state index contributed by atoms with van der Waals surface area (Å²) in [4.78, 5) is 25.3. The lowest BCUT2D eigenvalue weighted by Gasteiger charge is -2.16. The molecule has 23 heavy (non-hydrogen) atoms. The van der Waals surface area contributed by atoms with Crippen LogP contribution in [0.15, 0.2) is 39.8 Å². The molecule has 1 heterocycles.